The van der Waals surface area contributed by atoms with Crippen molar-refractivity contribution in [1.29, 1.82) is 0 Å². The van der Waals surface area contributed by atoms with E-state index in [1.54, 1.807) is 20.3 Å². The lowest BCUT2D eigenvalue weighted by molar-refractivity contribution is -0.134. The van der Waals surface area contributed by atoms with Crippen LogP contribution in [0, 0.1) is 0 Å². The average molecular weight is 477 g/mol. The maximum Gasteiger partial charge on any atom is 0.320 e. The number of ether oxygens (including phenoxy) is 3. The molecular weight excluding hydrogens is 452 g/mol. The minimum absolute atomic E-state index is 0.133. The molecule has 8 nitrogen and oxygen atoms in total. The summed E-state index contributed by atoms with van der Waals surface area (Å²) in [5.41, 5.74) is 8.11. The van der Waals surface area contributed by atoms with Crippen molar-refractivity contribution in [1.82, 2.24) is 10.9 Å². The van der Waals surface area contributed by atoms with Crippen molar-refractivity contribution >= 4 is 29.0 Å². The van der Waals surface area contributed by atoms with E-state index in [2.05, 4.69) is 16.0 Å². The standard InChI is InChI=1S/C25H24N4O4S/c1-31-17-11-7-15(8-12-17)21(22-19-5-3-4-6-20(19)33-24(22)30)23(28-29-25(34)27-26)16-9-13-18(32-2)14-10-16/h3-14,21-22H,26H2,1-2H3,(H2,27,29,34)/b28-23-. The van der Waals surface area contributed by atoms with Gasteiger partial charge in [0.1, 0.15) is 17.2 Å². The Bertz CT molecular complexity index is 1210. The summed E-state index contributed by atoms with van der Waals surface area (Å²) in [4.78, 5) is 13.2. The van der Waals surface area contributed by atoms with Gasteiger partial charge >= 0.3 is 5.97 Å². The van der Waals surface area contributed by atoms with E-state index in [0.717, 1.165) is 16.7 Å². The van der Waals surface area contributed by atoms with E-state index in [-0.39, 0.29) is 11.1 Å². The smallest absolute Gasteiger partial charge is 0.320 e. The Morgan fingerprint density at radius 2 is 1.62 bits per heavy atom. The maximum atomic E-state index is 13.2. The molecular formula is C25H24N4O4S. The van der Waals surface area contributed by atoms with E-state index in [1.807, 2.05) is 66.7 Å². The molecule has 0 saturated heterocycles. The zero-order valence-electron chi connectivity index (χ0n) is 18.6. The number of nitrogens with two attached hydrogens (primary N) is 1. The Kier molecular flexibility index (Phi) is 7.05. The molecule has 2 atom stereocenters. The van der Waals surface area contributed by atoms with E-state index in [0.29, 0.717) is 23.0 Å². The molecule has 0 radical (unpaired) electrons. The third-order valence-electron chi connectivity index (χ3n) is 5.62. The molecule has 0 fully saturated rings. The van der Waals surface area contributed by atoms with Crippen LogP contribution in [0.2, 0.25) is 0 Å². The number of hydrazone groups is 1. The fourth-order valence-corrected chi connectivity index (χ4v) is 4.03. The van der Waals surface area contributed by atoms with Gasteiger partial charge in [-0.3, -0.25) is 15.6 Å². The van der Waals surface area contributed by atoms with E-state index in [1.165, 1.54) is 0 Å². The summed E-state index contributed by atoms with van der Waals surface area (Å²) in [6.45, 7) is 0. The van der Waals surface area contributed by atoms with Gasteiger partial charge in [-0.2, -0.15) is 5.10 Å². The second-order valence-electron chi connectivity index (χ2n) is 7.50. The van der Waals surface area contributed by atoms with Gasteiger partial charge in [-0.25, -0.2) is 5.84 Å². The summed E-state index contributed by atoms with van der Waals surface area (Å²) in [6, 6.07) is 22.3. The highest BCUT2D eigenvalue weighted by atomic mass is 32.1. The normalized spacial score (nSPS) is 15.7. The highest BCUT2D eigenvalue weighted by molar-refractivity contribution is 7.80. The average Bonchev–Trinajstić information content (AvgIpc) is 3.21. The number of nitrogens with zero attached hydrogens (tertiary/aromatic N) is 1. The second-order valence-corrected chi connectivity index (χ2v) is 7.91. The number of hydrogen-bond acceptors (Lipinski definition) is 7. The van der Waals surface area contributed by atoms with Crippen LogP contribution in [0.5, 0.6) is 17.2 Å². The van der Waals surface area contributed by atoms with Gasteiger partial charge in [0.05, 0.1) is 25.8 Å². The number of fused-ring (bicyclic) bond motifs is 1. The first-order valence-electron chi connectivity index (χ1n) is 10.5. The van der Waals surface area contributed by atoms with Crippen LogP contribution in [0.3, 0.4) is 0 Å². The number of carbonyl (C=O) groups is 1. The molecule has 0 saturated carbocycles. The summed E-state index contributed by atoms with van der Waals surface area (Å²) in [5, 5.41) is 4.73. The zero-order chi connectivity index (χ0) is 24.1. The number of rotatable bonds is 7. The molecule has 1 aliphatic heterocycles. The Hall–Kier alpha value is -3.95. The second kappa shape index (κ2) is 10.3. The minimum atomic E-state index is -0.633. The van der Waals surface area contributed by atoms with Crippen molar-refractivity contribution in [3.8, 4) is 17.2 Å². The first kappa shape index (κ1) is 23.2. The van der Waals surface area contributed by atoms with Gasteiger partial charge in [0, 0.05) is 11.5 Å². The lowest BCUT2D eigenvalue weighted by Gasteiger charge is -2.25. The molecule has 4 rings (SSSR count). The first-order valence-corrected chi connectivity index (χ1v) is 10.9. The third-order valence-corrected chi connectivity index (χ3v) is 5.83. The number of methoxy groups -OCH3 is 2. The largest absolute Gasteiger partial charge is 0.497 e. The third kappa shape index (κ3) is 4.70. The Morgan fingerprint density at radius 1 is 1.00 bits per heavy atom. The number of para-hydroxylation sites is 1. The number of thiocarbonyl (C=S) groups is 1. The van der Waals surface area contributed by atoms with Crippen molar-refractivity contribution in [3.63, 3.8) is 0 Å². The molecule has 9 heteroatoms. The quantitative estimate of drug-likeness (QED) is 0.119. The highest BCUT2D eigenvalue weighted by Gasteiger charge is 2.42. The summed E-state index contributed by atoms with van der Waals surface area (Å²) in [7, 11) is 3.20. The molecule has 174 valence electrons. The number of hydrogen-bond donors (Lipinski definition) is 3. The zero-order valence-corrected chi connectivity index (χ0v) is 19.5. The van der Waals surface area contributed by atoms with Gasteiger partial charge in [-0.15, -0.1) is 0 Å². The topological polar surface area (TPSA) is 107 Å². The number of esters is 1. The molecule has 3 aromatic rings. The molecule has 3 aromatic carbocycles. The fourth-order valence-electron chi connectivity index (χ4n) is 3.98. The molecule has 34 heavy (non-hydrogen) atoms. The molecule has 2 unspecified atom stereocenters. The predicted molar refractivity (Wildman–Crippen MR) is 133 cm³/mol. The summed E-state index contributed by atoms with van der Waals surface area (Å²) in [5.74, 6) is 5.87. The van der Waals surface area contributed by atoms with E-state index in [9.17, 15) is 4.79 Å². The minimum Gasteiger partial charge on any atom is -0.497 e. The number of nitrogens with one attached hydrogen (secondary N) is 2. The highest BCUT2D eigenvalue weighted by Crippen LogP contribution is 2.45. The van der Waals surface area contributed by atoms with Crippen molar-refractivity contribution in [2.45, 2.75) is 11.8 Å². The molecule has 4 N–H and O–H groups in total. The molecule has 0 amide bonds. The lowest BCUT2D eigenvalue weighted by atomic mass is 9.77. The lowest BCUT2D eigenvalue weighted by Crippen LogP contribution is -2.38. The number of benzene rings is 3. The van der Waals surface area contributed by atoms with Crippen LogP contribution in [0.4, 0.5) is 0 Å². The summed E-state index contributed by atoms with van der Waals surface area (Å²) < 4.78 is 16.3. The molecule has 0 spiro atoms. The Labute approximate surface area is 202 Å². The van der Waals surface area contributed by atoms with Crippen LogP contribution in [-0.2, 0) is 4.79 Å². The molecule has 1 heterocycles. The van der Waals surface area contributed by atoms with E-state index < -0.39 is 11.8 Å². The van der Waals surface area contributed by atoms with Crippen LogP contribution < -0.4 is 30.9 Å². The van der Waals surface area contributed by atoms with Gasteiger partial charge in [-0.1, -0.05) is 30.3 Å². The fraction of sp³-hybridized carbons (Fsp3) is 0.160. The maximum absolute atomic E-state index is 13.2. The van der Waals surface area contributed by atoms with Gasteiger partial charge < -0.3 is 14.2 Å². The number of hydrazine groups is 1. The van der Waals surface area contributed by atoms with Crippen molar-refractivity contribution in [2.24, 2.45) is 10.9 Å². The molecule has 1 aliphatic rings. The monoisotopic (exact) mass is 476 g/mol. The Morgan fingerprint density at radius 3 is 2.24 bits per heavy atom. The van der Waals surface area contributed by atoms with Gasteiger partial charge in [-0.05, 0) is 65.8 Å². The SMILES string of the molecule is COc1ccc(/C(=N/NC(=S)NN)C(c2ccc(OC)cc2)C2C(=O)Oc3ccccc32)cc1. The molecule has 0 bridgehead atoms. The van der Waals surface area contributed by atoms with E-state index >= 15 is 0 Å². The van der Waals surface area contributed by atoms with Crippen molar-refractivity contribution in [3.05, 3.63) is 89.5 Å². The van der Waals surface area contributed by atoms with Crippen LogP contribution in [0.25, 0.3) is 0 Å². The molecule has 0 aliphatic carbocycles. The van der Waals surface area contributed by atoms with Gasteiger partial charge in [0.25, 0.3) is 0 Å². The van der Waals surface area contributed by atoms with E-state index in [4.69, 9.17) is 32.3 Å². The first-order chi connectivity index (χ1) is 16.5. The summed E-state index contributed by atoms with van der Waals surface area (Å²) >= 11 is 5.14. The van der Waals surface area contributed by atoms with Gasteiger partial charge in [0.2, 0.25) is 5.11 Å². The summed E-state index contributed by atoms with van der Waals surface area (Å²) in [6.07, 6.45) is 0. The van der Waals surface area contributed by atoms with Crippen LogP contribution in [-0.4, -0.2) is 31.0 Å². The van der Waals surface area contributed by atoms with Crippen LogP contribution in [0.15, 0.2) is 77.9 Å². The molecule has 0 aromatic heterocycles. The Balaban J connectivity index is 1.90. The predicted octanol–water partition coefficient (Wildman–Crippen LogP) is 3.23. The van der Waals surface area contributed by atoms with Gasteiger partial charge in [0.15, 0.2) is 0 Å². The van der Waals surface area contributed by atoms with Crippen LogP contribution in [0.1, 0.15) is 28.5 Å². The number of carbonyl (C=O) groups excluding carboxylic acids is 1. The van der Waals surface area contributed by atoms with Crippen molar-refractivity contribution in [2.75, 3.05) is 14.2 Å². The van der Waals surface area contributed by atoms with Crippen LogP contribution >= 0.6 is 12.2 Å². The van der Waals surface area contributed by atoms with Crippen molar-refractivity contribution < 1.29 is 19.0 Å².